The molecular weight excluding hydrogens is 362 g/mol. The highest BCUT2D eigenvalue weighted by Gasteiger charge is 2.31. The Morgan fingerprint density at radius 3 is 2.41 bits per heavy atom. The molecule has 27 heavy (non-hydrogen) atoms. The third-order valence-corrected chi connectivity index (χ3v) is 6.65. The smallest absolute Gasteiger partial charge is 0.261 e. The number of benzene rings is 2. The molecule has 2 heterocycles. The van der Waals surface area contributed by atoms with Crippen molar-refractivity contribution in [3.63, 3.8) is 0 Å². The zero-order valence-electron chi connectivity index (χ0n) is 15.0. The second kappa shape index (κ2) is 7.32. The lowest BCUT2D eigenvalue weighted by atomic mass is 10.1. The molecular formula is C20H23N3O3S. The molecule has 2 atom stereocenters. The average Bonchev–Trinajstić information content (AvgIpc) is 3.01. The average molecular weight is 385 g/mol. The molecule has 0 aromatic heterocycles. The molecule has 2 unspecified atom stereocenters. The van der Waals surface area contributed by atoms with Gasteiger partial charge in [-0.05, 0) is 55.7 Å². The Labute approximate surface area is 159 Å². The topological polar surface area (TPSA) is 78.5 Å². The molecule has 0 radical (unpaired) electrons. The van der Waals surface area contributed by atoms with E-state index in [-0.39, 0.29) is 10.8 Å². The number of hydrogen-bond donors (Lipinski definition) is 2. The maximum atomic E-state index is 12.8. The lowest BCUT2D eigenvalue weighted by Gasteiger charge is -2.24. The van der Waals surface area contributed by atoms with Gasteiger partial charge in [-0.15, -0.1) is 0 Å². The largest absolute Gasteiger partial charge is 0.337 e. The molecule has 0 aliphatic carbocycles. The monoisotopic (exact) mass is 385 g/mol. The highest BCUT2D eigenvalue weighted by molar-refractivity contribution is 7.92. The number of nitrogens with zero attached hydrogens (tertiary/aromatic N) is 1. The molecule has 2 aromatic carbocycles. The Morgan fingerprint density at radius 2 is 1.67 bits per heavy atom. The van der Waals surface area contributed by atoms with Crippen molar-refractivity contribution in [2.24, 2.45) is 0 Å². The summed E-state index contributed by atoms with van der Waals surface area (Å²) in [7, 11) is -3.63. The number of sulfonamides is 1. The maximum Gasteiger partial charge on any atom is 0.261 e. The van der Waals surface area contributed by atoms with Crippen molar-refractivity contribution in [2.45, 2.75) is 36.2 Å². The fourth-order valence-electron chi connectivity index (χ4n) is 3.80. The van der Waals surface area contributed by atoms with E-state index in [0.717, 1.165) is 25.9 Å². The van der Waals surface area contributed by atoms with Crippen LogP contribution in [0.3, 0.4) is 0 Å². The molecule has 0 spiro atoms. The number of fused-ring (bicyclic) bond motifs is 2. The van der Waals surface area contributed by atoms with E-state index in [1.165, 1.54) is 6.42 Å². The van der Waals surface area contributed by atoms with E-state index >= 15 is 0 Å². The van der Waals surface area contributed by atoms with E-state index in [0.29, 0.717) is 23.3 Å². The zero-order chi connectivity index (χ0) is 18.9. The van der Waals surface area contributed by atoms with Crippen LogP contribution >= 0.6 is 0 Å². The Hall–Kier alpha value is -2.38. The first-order valence-electron chi connectivity index (χ1n) is 9.24. The van der Waals surface area contributed by atoms with Crippen LogP contribution in [0, 0.1) is 0 Å². The van der Waals surface area contributed by atoms with E-state index in [9.17, 15) is 13.2 Å². The van der Waals surface area contributed by atoms with Crippen LogP contribution in [0.15, 0.2) is 59.5 Å². The number of carbonyl (C=O) groups is 1. The highest BCUT2D eigenvalue weighted by atomic mass is 32.2. The van der Waals surface area contributed by atoms with Crippen molar-refractivity contribution < 1.29 is 13.2 Å². The van der Waals surface area contributed by atoms with Crippen LogP contribution in [0.2, 0.25) is 0 Å². The number of hydrogen-bond acceptors (Lipinski definition) is 4. The number of amides is 1. The van der Waals surface area contributed by atoms with Crippen LogP contribution in [-0.2, 0) is 10.0 Å². The van der Waals surface area contributed by atoms with Gasteiger partial charge in [0.15, 0.2) is 0 Å². The summed E-state index contributed by atoms with van der Waals surface area (Å²) in [6.07, 6.45) is 3.30. The molecule has 2 bridgehead atoms. The van der Waals surface area contributed by atoms with Crippen LogP contribution in [0.4, 0.5) is 5.69 Å². The molecule has 2 fully saturated rings. The second-order valence-corrected chi connectivity index (χ2v) is 8.86. The fraction of sp³-hybridized carbons (Fsp3) is 0.350. The predicted octanol–water partition coefficient (Wildman–Crippen LogP) is 2.45. The van der Waals surface area contributed by atoms with Crippen molar-refractivity contribution in [3.05, 3.63) is 60.2 Å². The summed E-state index contributed by atoms with van der Waals surface area (Å²) in [5.74, 6) is 0.00168. The molecule has 6 nitrogen and oxygen atoms in total. The minimum Gasteiger partial charge on any atom is -0.337 e. The van der Waals surface area contributed by atoms with Gasteiger partial charge < -0.3 is 10.2 Å². The van der Waals surface area contributed by atoms with Gasteiger partial charge in [0.25, 0.3) is 15.9 Å². The number of anilines is 1. The summed E-state index contributed by atoms with van der Waals surface area (Å²) in [6.45, 7) is 1.49. The van der Waals surface area contributed by atoms with Gasteiger partial charge in [0, 0.05) is 36.4 Å². The van der Waals surface area contributed by atoms with Crippen LogP contribution < -0.4 is 10.0 Å². The summed E-state index contributed by atoms with van der Waals surface area (Å²) in [4.78, 5) is 14.9. The first-order chi connectivity index (χ1) is 13.0. The molecule has 142 valence electrons. The molecule has 2 saturated heterocycles. The summed E-state index contributed by atoms with van der Waals surface area (Å²) in [5, 5.41) is 3.57. The first-order valence-corrected chi connectivity index (χ1v) is 10.7. The molecule has 7 heteroatoms. The molecule has 2 aromatic rings. The molecule has 1 amide bonds. The minimum absolute atomic E-state index is 0.00168. The maximum absolute atomic E-state index is 12.8. The lowest BCUT2D eigenvalue weighted by Crippen LogP contribution is -2.39. The third kappa shape index (κ3) is 3.99. The minimum atomic E-state index is -3.63. The van der Waals surface area contributed by atoms with Gasteiger partial charge in [0.2, 0.25) is 0 Å². The molecule has 0 saturated carbocycles. The normalized spacial score (nSPS) is 22.3. The van der Waals surface area contributed by atoms with E-state index in [4.69, 9.17) is 0 Å². The van der Waals surface area contributed by atoms with Crippen LogP contribution in [0.1, 0.15) is 29.6 Å². The quantitative estimate of drug-likeness (QED) is 0.847. The van der Waals surface area contributed by atoms with Gasteiger partial charge in [-0.2, -0.15) is 0 Å². The van der Waals surface area contributed by atoms with E-state index in [1.807, 2.05) is 4.90 Å². The third-order valence-electron chi connectivity index (χ3n) is 5.25. The summed E-state index contributed by atoms with van der Waals surface area (Å²) in [5.41, 5.74) is 1.02. The van der Waals surface area contributed by atoms with Crippen LogP contribution in [0.25, 0.3) is 0 Å². The van der Waals surface area contributed by atoms with Crippen molar-refractivity contribution >= 4 is 21.6 Å². The first kappa shape index (κ1) is 18.0. The Bertz CT molecular complexity index is 913. The van der Waals surface area contributed by atoms with Crippen molar-refractivity contribution in [3.8, 4) is 0 Å². The molecule has 2 aliphatic rings. The zero-order valence-corrected chi connectivity index (χ0v) is 15.8. The van der Waals surface area contributed by atoms with E-state index in [1.54, 1.807) is 54.6 Å². The summed E-state index contributed by atoms with van der Waals surface area (Å²) in [6, 6.07) is 15.8. The highest BCUT2D eigenvalue weighted by Crippen LogP contribution is 2.22. The molecule has 4 rings (SSSR count). The van der Waals surface area contributed by atoms with E-state index in [2.05, 4.69) is 10.0 Å². The Morgan fingerprint density at radius 1 is 0.963 bits per heavy atom. The predicted molar refractivity (Wildman–Crippen MR) is 104 cm³/mol. The van der Waals surface area contributed by atoms with Gasteiger partial charge in [0.05, 0.1) is 4.90 Å². The van der Waals surface area contributed by atoms with Crippen molar-refractivity contribution in [2.75, 3.05) is 17.8 Å². The summed E-state index contributed by atoms with van der Waals surface area (Å²) >= 11 is 0. The van der Waals surface area contributed by atoms with Gasteiger partial charge in [-0.25, -0.2) is 8.42 Å². The van der Waals surface area contributed by atoms with Gasteiger partial charge in [-0.3, -0.25) is 9.52 Å². The number of likely N-dealkylation sites (tertiary alicyclic amines) is 1. The van der Waals surface area contributed by atoms with Crippen molar-refractivity contribution in [1.29, 1.82) is 0 Å². The molecule has 2 aliphatic heterocycles. The van der Waals surface area contributed by atoms with Gasteiger partial charge in [-0.1, -0.05) is 18.2 Å². The SMILES string of the molecule is O=C(c1ccc(NS(=O)(=O)c2ccccc2)cc1)N1CCC2CCC(C1)N2. The standard InChI is InChI=1S/C20H23N3O3S/c24-20(23-13-12-16-10-11-18(14-23)21-16)15-6-8-17(9-7-15)22-27(25,26)19-4-2-1-3-5-19/h1-9,16,18,21-22H,10-14H2. The lowest BCUT2D eigenvalue weighted by molar-refractivity contribution is 0.0748. The van der Waals surface area contributed by atoms with Crippen LogP contribution in [-0.4, -0.2) is 44.4 Å². The van der Waals surface area contributed by atoms with Gasteiger partial charge >= 0.3 is 0 Å². The van der Waals surface area contributed by atoms with Crippen molar-refractivity contribution in [1.82, 2.24) is 10.2 Å². The van der Waals surface area contributed by atoms with Gasteiger partial charge in [0.1, 0.15) is 0 Å². The number of nitrogens with one attached hydrogen (secondary N) is 2. The number of rotatable bonds is 4. The van der Waals surface area contributed by atoms with Crippen LogP contribution in [0.5, 0.6) is 0 Å². The Balaban J connectivity index is 1.45. The summed E-state index contributed by atoms with van der Waals surface area (Å²) < 4.78 is 27.3. The Kier molecular flexibility index (Phi) is 4.88. The fourth-order valence-corrected chi connectivity index (χ4v) is 4.88. The molecule has 2 N–H and O–H groups in total. The van der Waals surface area contributed by atoms with E-state index < -0.39 is 10.0 Å². The second-order valence-electron chi connectivity index (χ2n) is 7.17. The number of carbonyl (C=O) groups excluding carboxylic acids is 1.